The van der Waals surface area contributed by atoms with Crippen LogP contribution < -0.4 is 14.3 Å². The van der Waals surface area contributed by atoms with Crippen molar-refractivity contribution in [1.82, 2.24) is 9.47 Å². The molecule has 4 rings (SSSR count). The summed E-state index contributed by atoms with van der Waals surface area (Å²) in [5, 5.41) is 0.353. The zero-order valence-corrected chi connectivity index (χ0v) is 20.1. The van der Waals surface area contributed by atoms with E-state index in [9.17, 15) is 18.0 Å². The molecule has 9 nitrogen and oxygen atoms in total. The van der Waals surface area contributed by atoms with Crippen LogP contribution in [0.5, 0.6) is 5.75 Å². The summed E-state index contributed by atoms with van der Waals surface area (Å²) >= 11 is 6.93. The van der Waals surface area contributed by atoms with E-state index in [0.29, 0.717) is 47.3 Å². The number of aromatic nitrogens is 1. The van der Waals surface area contributed by atoms with Crippen molar-refractivity contribution in [3.8, 4) is 5.75 Å². The lowest BCUT2D eigenvalue weighted by Gasteiger charge is -2.26. The molecule has 0 radical (unpaired) electrons. The summed E-state index contributed by atoms with van der Waals surface area (Å²) in [5.41, 5.74) is 0.788. The average molecular weight is 512 g/mol. The summed E-state index contributed by atoms with van der Waals surface area (Å²) < 4.78 is 40.9. The monoisotopic (exact) mass is 511 g/mol. The summed E-state index contributed by atoms with van der Waals surface area (Å²) in [6, 6.07) is 9.06. The number of hydrogen-bond donors (Lipinski definition) is 1. The van der Waals surface area contributed by atoms with Crippen molar-refractivity contribution in [1.29, 1.82) is 0 Å². The number of amides is 1. The number of aryl methyl sites for hydroxylation is 1. The predicted molar refractivity (Wildman–Crippen MR) is 127 cm³/mol. The number of nitrogens with zero attached hydrogens (tertiary/aromatic N) is 2. The molecule has 1 aromatic heterocycles. The molecule has 3 aromatic rings. The van der Waals surface area contributed by atoms with Crippen LogP contribution in [0.25, 0.3) is 10.2 Å². The summed E-state index contributed by atoms with van der Waals surface area (Å²) in [5.74, 6) is 0.285. The highest BCUT2D eigenvalue weighted by molar-refractivity contribution is 7.92. The minimum absolute atomic E-state index is 0.00479. The van der Waals surface area contributed by atoms with E-state index in [0.717, 1.165) is 11.3 Å². The molecule has 2 heterocycles. The number of carbonyl (C=O) groups excluding carboxylic acids is 1. The number of anilines is 1. The van der Waals surface area contributed by atoms with Crippen LogP contribution in [-0.4, -0.2) is 57.2 Å². The number of nitrogens with one attached hydrogen (secondary N) is 1. The Labute approximate surface area is 199 Å². The largest absolute Gasteiger partial charge is 0.495 e. The molecule has 1 amide bonds. The van der Waals surface area contributed by atoms with Gasteiger partial charge in [0, 0.05) is 31.1 Å². The van der Waals surface area contributed by atoms with Crippen LogP contribution in [0.1, 0.15) is 6.42 Å². The van der Waals surface area contributed by atoms with Crippen LogP contribution in [0.4, 0.5) is 5.69 Å². The SMILES string of the molecule is COc1ccc(Cl)cc1NS(=O)(=O)c1ccc2c(c1)sc(=O)n2CCC(=O)N1CCOCC1. The fourth-order valence-corrected chi connectivity index (χ4v) is 5.86. The number of thiazole rings is 1. The number of sulfonamides is 1. The minimum Gasteiger partial charge on any atom is -0.495 e. The number of fused-ring (bicyclic) bond motifs is 1. The maximum atomic E-state index is 13.0. The molecule has 1 fully saturated rings. The molecule has 0 bridgehead atoms. The number of carbonyl (C=O) groups is 1. The van der Waals surface area contributed by atoms with E-state index in [1.54, 1.807) is 23.1 Å². The van der Waals surface area contributed by atoms with E-state index in [1.165, 1.54) is 29.9 Å². The van der Waals surface area contributed by atoms with Gasteiger partial charge in [-0.3, -0.25) is 18.9 Å². The normalized spacial score (nSPS) is 14.4. The standard InChI is InChI=1S/C21H22ClN3O6S2/c1-30-18-5-2-14(22)12-16(18)23-33(28,29)15-3-4-17-19(13-15)32-21(27)25(17)7-6-20(26)24-8-10-31-11-9-24/h2-5,12-13,23H,6-11H2,1H3. The van der Waals surface area contributed by atoms with Gasteiger partial charge in [-0.25, -0.2) is 8.42 Å². The molecule has 0 spiro atoms. The van der Waals surface area contributed by atoms with E-state index in [4.69, 9.17) is 21.1 Å². The first-order valence-corrected chi connectivity index (χ1v) is 12.8. The Bertz CT molecular complexity index is 1350. The third-order valence-corrected chi connectivity index (χ3v) is 7.81. The first-order chi connectivity index (χ1) is 15.8. The van der Waals surface area contributed by atoms with E-state index >= 15 is 0 Å². The van der Waals surface area contributed by atoms with Crippen molar-refractivity contribution >= 4 is 54.8 Å². The number of hydrogen-bond acceptors (Lipinski definition) is 7. The maximum absolute atomic E-state index is 13.0. The van der Waals surface area contributed by atoms with E-state index in [-0.39, 0.29) is 34.3 Å². The lowest BCUT2D eigenvalue weighted by Crippen LogP contribution is -2.41. The van der Waals surface area contributed by atoms with Gasteiger partial charge in [0.05, 0.1) is 41.1 Å². The number of benzene rings is 2. The lowest BCUT2D eigenvalue weighted by molar-refractivity contribution is -0.135. The molecule has 176 valence electrons. The second-order valence-corrected chi connectivity index (χ2v) is 10.5. The van der Waals surface area contributed by atoms with Gasteiger partial charge in [0.2, 0.25) is 5.91 Å². The highest BCUT2D eigenvalue weighted by Gasteiger charge is 2.21. The Morgan fingerprint density at radius 1 is 1.21 bits per heavy atom. The molecule has 0 atom stereocenters. The molecular formula is C21H22ClN3O6S2. The van der Waals surface area contributed by atoms with Gasteiger partial charge in [-0.15, -0.1) is 0 Å². The molecule has 2 aromatic carbocycles. The van der Waals surface area contributed by atoms with E-state index in [2.05, 4.69) is 4.72 Å². The van der Waals surface area contributed by atoms with Gasteiger partial charge in [-0.2, -0.15) is 0 Å². The van der Waals surface area contributed by atoms with Gasteiger partial charge in [0.1, 0.15) is 5.75 Å². The fourth-order valence-electron chi connectivity index (χ4n) is 3.57. The highest BCUT2D eigenvalue weighted by atomic mass is 35.5. The summed E-state index contributed by atoms with van der Waals surface area (Å²) in [6.07, 6.45) is 0.182. The fraction of sp³-hybridized carbons (Fsp3) is 0.333. The molecule has 1 saturated heterocycles. The summed E-state index contributed by atoms with van der Waals surface area (Å²) in [6.45, 7) is 2.34. The van der Waals surface area contributed by atoms with Crippen LogP contribution in [0, 0.1) is 0 Å². The third kappa shape index (κ3) is 5.16. The Kier molecular flexibility index (Phi) is 6.94. The molecule has 0 unspecified atom stereocenters. The Morgan fingerprint density at radius 3 is 2.70 bits per heavy atom. The van der Waals surface area contributed by atoms with Crippen LogP contribution in [0.2, 0.25) is 5.02 Å². The first-order valence-electron chi connectivity index (χ1n) is 10.1. The number of ether oxygens (including phenoxy) is 2. The number of methoxy groups -OCH3 is 1. The Morgan fingerprint density at radius 2 is 1.97 bits per heavy atom. The van der Waals surface area contributed by atoms with E-state index in [1.807, 2.05) is 0 Å². The molecule has 0 saturated carbocycles. The second-order valence-electron chi connectivity index (χ2n) is 7.34. The van der Waals surface area contributed by atoms with Crippen molar-refractivity contribution < 1.29 is 22.7 Å². The van der Waals surface area contributed by atoms with Crippen LogP contribution in [-0.2, 0) is 26.1 Å². The average Bonchev–Trinajstić information content (AvgIpc) is 3.12. The zero-order chi connectivity index (χ0) is 23.6. The summed E-state index contributed by atoms with van der Waals surface area (Å²) in [4.78, 5) is 26.4. The molecule has 1 aliphatic rings. The lowest BCUT2D eigenvalue weighted by atomic mass is 10.3. The second kappa shape index (κ2) is 9.72. The van der Waals surface area contributed by atoms with Crippen molar-refractivity contribution in [2.24, 2.45) is 0 Å². The third-order valence-electron chi connectivity index (χ3n) is 5.27. The smallest absolute Gasteiger partial charge is 0.308 e. The highest BCUT2D eigenvalue weighted by Crippen LogP contribution is 2.30. The molecular weight excluding hydrogens is 490 g/mol. The Balaban J connectivity index is 1.56. The van der Waals surface area contributed by atoms with Crippen molar-refractivity contribution in [2.45, 2.75) is 17.9 Å². The molecule has 1 aliphatic heterocycles. The molecule has 0 aliphatic carbocycles. The molecule has 33 heavy (non-hydrogen) atoms. The van der Waals surface area contributed by atoms with Gasteiger partial charge in [0.15, 0.2) is 0 Å². The zero-order valence-electron chi connectivity index (χ0n) is 17.7. The topological polar surface area (TPSA) is 107 Å². The van der Waals surface area contributed by atoms with Gasteiger partial charge in [-0.05, 0) is 36.4 Å². The molecule has 12 heteroatoms. The van der Waals surface area contributed by atoms with E-state index < -0.39 is 10.0 Å². The van der Waals surface area contributed by atoms with Crippen LogP contribution in [0.3, 0.4) is 0 Å². The number of rotatable bonds is 7. The maximum Gasteiger partial charge on any atom is 0.308 e. The summed E-state index contributed by atoms with van der Waals surface area (Å²) in [7, 11) is -2.54. The quantitative estimate of drug-likeness (QED) is 0.522. The van der Waals surface area contributed by atoms with Crippen molar-refractivity contribution in [3.05, 3.63) is 51.1 Å². The van der Waals surface area contributed by atoms with Gasteiger partial charge in [-0.1, -0.05) is 22.9 Å². The van der Waals surface area contributed by atoms with Crippen molar-refractivity contribution in [3.63, 3.8) is 0 Å². The van der Waals surface area contributed by atoms with Gasteiger partial charge >= 0.3 is 4.87 Å². The predicted octanol–water partition coefficient (Wildman–Crippen LogP) is 2.77. The first kappa shape index (κ1) is 23.6. The Hall–Kier alpha value is -2.60. The van der Waals surface area contributed by atoms with Crippen LogP contribution >= 0.6 is 22.9 Å². The molecule has 1 N–H and O–H groups in total. The number of morpholine rings is 1. The van der Waals surface area contributed by atoms with Gasteiger partial charge < -0.3 is 14.4 Å². The van der Waals surface area contributed by atoms with Crippen LogP contribution in [0.15, 0.2) is 46.1 Å². The van der Waals surface area contributed by atoms with Gasteiger partial charge in [0.25, 0.3) is 10.0 Å². The minimum atomic E-state index is -3.96. The van der Waals surface area contributed by atoms with Crippen molar-refractivity contribution in [2.75, 3.05) is 38.1 Å². The number of halogens is 1.